The monoisotopic (exact) mass is 414 g/mol. The number of carbonyl (C=O) groups is 1. The van der Waals surface area contributed by atoms with Crippen LogP contribution >= 0.6 is 0 Å². The van der Waals surface area contributed by atoms with Crippen LogP contribution in [0.3, 0.4) is 0 Å². The van der Waals surface area contributed by atoms with Crippen LogP contribution in [0.4, 0.5) is 0 Å². The van der Waals surface area contributed by atoms with Crippen molar-refractivity contribution in [2.45, 2.75) is 58.0 Å². The van der Waals surface area contributed by atoms with Crippen LogP contribution in [-0.2, 0) is 16.1 Å². The average Bonchev–Trinajstić information content (AvgIpc) is 2.78. The Morgan fingerprint density at radius 2 is 2.03 bits per heavy atom. The summed E-state index contributed by atoms with van der Waals surface area (Å²) in [4.78, 5) is 21.3. The van der Waals surface area contributed by atoms with Gasteiger partial charge in [0.25, 0.3) is 0 Å². The fourth-order valence-electron chi connectivity index (χ4n) is 4.81. The Balaban J connectivity index is 1.53. The number of guanidine groups is 1. The number of likely N-dealkylation sites (tertiary alicyclic amines) is 2. The van der Waals surface area contributed by atoms with Gasteiger partial charge in [0.1, 0.15) is 0 Å². The zero-order chi connectivity index (χ0) is 21.2. The number of aliphatic imine (C=N–C) groups is 1. The second-order valence-corrected chi connectivity index (χ2v) is 8.43. The highest BCUT2D eigenvalue weighted by Gasteiger charge is 2.36. The van der Waals surface area contributed by atoms with Gasteiger partial charge in [0.05, 0.1) is 7.11 Å². The third-order valence-corrected chi connectivity index (χ3v) is 6.32. The molecule has 0 saturated carbocycles. The van der Waals surface area contributed by atoms with E-state index in [1.54, 1.807) is 0 Å². The van der Waals surface area contributed by atoms with Crippen LogP contribution in [0, 0.1) is 5.92 Å². The molecule has 2 atom stereocenters. The molecule has 6 nitrogen and oxygen atoms in total. The number of nitrogens with zero attached hydrogens (tertiary/aromatic N) is 3. The normalized spacial score (nSPS) is 22.5. The van der Waals surface area contributed by atoms with Gasteiger partial charge in [-0.3, -0.25) is 14.7 Å². The minimum Gasteiger partial charge on any atom is -0.469 e. The zero-order valence-corrected chi connectivity index (χ0v) is 18.7. The van der Waals surface area contributed by atoms with Crippen molar-refractivity contribution in [3.05, 3.63) is 35.9 Å². The summed E-state index contributed by atoms with van der Waals surface area (Å²) in [5.41, 5.74) is 1.42. The Morgan fingerprint density at radius 1 is 1.20 bits per heavy atom. The van der Waals surface area contributed by atoms with E-state index in [0.717, 1.165) is 51.5 Å². The Hall–Kier alpha value is -2.08. The van der Waals surface area contributed by atoms with Crippen LogP contribution in [0.25, 0.3) is 0 Å². The van der Waals surface area contributed by atoms with Crippen molar-refractivity contribution in [2.24, 2.45) is 10.9 Å². The number of methoxy groups -OCH3 is 1. The molecule has 2 saturated heterocycles. The van der Waals surface area contributed by atoms with E-state index in [2.05, 4.69) is 52.4 Å². The first-order valence-electron chi connectivity index (χ1n) is 11.6. The summed E-state index contributed by atoms with van der Waals surface area (Å²) < 4.78 is 4.71. The molecule has 2 heterocycles. The highest BCUT2D eigenvalue weighted by Crippen LogP contribution is 2.31. The number of esters is 1. The molecule has 3 rings (SSSR count). The molecule has 2 unspecified atom stereocenters. The summed E-state index contributed by atoms with van der Waals surface area (Å²) in [7, 11) is 1.44. The number of nitrogens with one attached hydrogen (secondary N) is 1. The van der Waals surface area contributed by atoms with Crippen LogP contribution in [-0.4, -0.2) is 67.6 Å². The van der Waals surface area contributed by atoms with E-state index >= 15 is 0 Å². The maximum Gasteiger partial charge on any atom is 0.305 e. The molecular weight excluding hydrogens is 376 g/mol. The third kappa shape index (κ3) is 6.46. The topological polar surface area (TPSA) is 57.2 Å². The van der Waals surface area contributed by atoms with Crippen molar-refractivity contribution in [2.75, 3.05) is 39.8 Å². The molecule has 0 spiro atoms. The molecule has 1 N–H and O–H groups in total. The molecule has 0 amide bonds. The number of benzene rings is 1. The fourth-order valence-corrected chi connectivity index (χ4v) is 4.81. The van der Waals surface area contributed by atoms with E-state index < -0.39 is 0 Å². The number of piperidine rings is 2. The predicted molar refractivity (Wildman–Crippen MR) is 121 cm³/mol. The van der Waals surface area contributed by atoms with Crippen LogP contribution < -0.4 is 5.32 Å². The largest absolute Gasteiger partial charge is 0.469 e. The smallest absolute Gasteiger partial charge is 0.305 e. The van der Waals surface area contributed by atoms with E-state index in [9.17, 15) is 4.79 Å². The Kier molecular flexibility index (Phi) is 9.00. The Labute approximate surface area is 181 Å². The first kappa shape index (κ1) is 22.6. The van der Waals surface area contributed by atoms with E-state index in [1.807, 2.05) is 0 Å². The molecule has 0 bridgehead atoms. The molecular formula is C24H38N4O2. The summed E-state index contributed by atoms with van der Waals surface area (Å²) in [6, 6.07) is 11.5. The minimum absolute atomic E-state index is 0.134. The van der Waals surface area contributed by atoms with Crippen molar-refractivity contribution >= 4 is 11.9 Å². The van der Waals surface area contributed by atoms with Gasteiger partial charge in [-0.25, -0.2) is 0 Å². The molecule has 2 aliphatic heterocycles. The van der Waals surface area contributed by atoms with Crippen LogP contribution in [0.15, 0.2) is 35.3 Å². The zero-order valence-electron chi connectivity index (χ0n) is 18.7. The molecule has 30 heavy (non-hydrogen) atoms. The number of unbranched alkanes of at least 4 members (excludes halogenated alkanes) is 1. The molecule has 0 aromatic heterocycles. The SMILES string of the molecule is CCNC(=NCCCCC(=O)OC)N1CCC2C(CCCN2Cc2ccccc2)C1. The van der Waals surface area contributed by atoms with Crippen molar-refractivity contribution in [1.82, 2.24) is 15.1 Å². The minimum atomic E-state index is -0.134. The van der Waals surface area contributed by atoms with Gasteiger partial charge in [0.2, 0.25) is 0 Å². The predicted octanol–water partition coefficient (Wildman–Crippen LogP) is 3.28. The van der Waals surface area contributed by atoms with E-state index in [0.29, 0.717) is 18.4 Å². The molecule has 166 valence electrons. The number of carbonyl (C=O) groups excluding carboxylic acids is 1. The molecule has 1 aromatic carbocycles. The Morgan fingerprint density at radius 3 is 2.80 bits per heavy atom. The summed E-state index contributed by atoms with van der Waals surface area (Å²) in [5, 5.41) is 3.48. The van der Waals surface area contributed by atoms with Crippen molar-refractivity contribution in [3.8, 4) is 0 Å². The summed E-state index contributed by atoms with van der Waals surface area (Å²) in [6.45, 7) is 8.18. The second kappa shape index (κ2) is 11.9. The number of ether oxygens (including phenoxy) is 1. The van der Waals surface area contributed by atoms with Gasteiger partial charge in [0, 0.05) is 45.2 Å². The maximum absolute atomic E-state index is 11.3. The second-order valence-electron chi connectivity index (χ2n) is 8.43. The van der Waals surface area contributed by atoms with Gasteiger partial charge in [-0.15, -0.1) is 0 Å². The molecule has 0 radical (unpaired) electrons. The quantitative estimate of drug-likeness (QED) is 0.306. The van der Waals surface area contributed by atoms with Crippen molar-refractivity contribution in [1.29, 1.82) is 0 Å². The molecule has 6 heteroatoms. The van der Waals surface area contributed by atoms with Gasteiger partial charge in [-0.2, -0.15) is 0 Å². The lowest BCUT2D eigenvalue weighted by Crippen LogP contribution is -2.56. The van der Waals surface area contributed by atoms with Gasteiger partial charge in [-0.1, -0.05) is 30.3 Å². The van der Waals surface area contributed by atoms with Crippen molar-refractivity contribution in [3.63, 3.8) is 0 Å². The van der Waals surface area contributed by atoms with Gasteiger partial charge in [-0.05, 0) is 57.1 Å². The van der Waals surface area contributed by atoms with E-state index in [1.165, 1.54) is 38.5 Å². The lowest BCUT2D eigenvalue weighted by Gasteiger charge is -2.48. The van der Waals surface area contributed by atoms with E-state index in [4.69, 9.17) is 9.73 Å². The van der Waals surface area contributed by atoms with Gasteiger partial charge < -0.3 is 15.0 Å². The lowest BCUT2D eigenvalue weighted by molar-refractivity contribution is -0.140. The summed E-state index contributed by atoms with van der Waals surface area (Å²) >= 11 is 0. The number of rotatable bonds is 8. The van der Waals surface area contributed by atoms with Gasteiger partial charge >= 0.3 is 5.97 Å². The molecule has 2 fully saturated rings. The number of hydrogen-bond acceptors (Lipinski definition) is 4. The number of hydrogen-bond donors (Lipinski definition) is 1. The average molecular weight is 415 g/mol. The van der Waals surface area contributed by atoms with Crippen LogP contribution in [0.1, 0.15) is 51.0 Å². The van der Waals surface area contributed by atoms with Crippen LogP contribution in [0.2, 0.25) is 0 Å². The van der Waals surface area contributed by atoms with Gasteiger partial charge in [0.15, 0.2) is 5.96 Å². The maximum atomic E-state index is 11.3. The fraction of sp³-hybridized carbons (Fsp3) is 0.667. The van der Waals surface area contributed by atoms with E-state index in [-0.39, 0.29) is 5.97 Å². The standard InChI is InChI=1S/C24H38N4O2/c1-3-25-24(26-15-8-7-13-23(29)30-2)28-17-14-22-21(19-28)12-9-16-27(22)18-20-10-5-4-6-11-20/h4-6,10-11,21-22H,3,7-9,12-19H2,1-2H3,(H,25,26). The third-order valence-electron chi connectivity index (χ3n) is 6.32. The number of fused-ring (bicyclic) bond motifs is 1. The Bertz CT molecular complexity index is 679. The van der Waals surface area contributed by atoms with Crippen LogP contribution in [0.5, 0.6) is 0 Å². The summed E-state index contributed by atoms with van der Waals surface area (Å²) in [5.74, 6) is 1.61. The molecule has 1 aromatic rings. The lowest BCUT2D eigenvalue weighted by atomic mass is 9.83. The first-order valence-corrected chi connectivity index (χ1v) is 11.6. The highest BCUT2D eigenvalue weighted by atomic mass is 16.5. The molecule has 2 aliphatic rings. The molecule has 0 aliphatic carbocycles. The highest BCUT2D eigenvalue weighted by molar-refractivity contribution is 5.80. The summed E-state index contributed by atoms with van der Waals surface area (Å²) in [6.07, 6.45) is 6.01. The van der Waals surface area contributed by atoms with Crippen molar-refractivity contribution < 1.29 is 9.53 Å². The first-order chi connectivity index (χ1) is 14.7.